The van der Waals surface area contributed by atoms with Gasteiger partial charge >= 0.3 is 0 Å². The summed E-state index contributed by atoms with van der Waals surface area (Å²) in [4.78, 5) is 0. The van der Waals surface area contributed by atoms with Crippen molar-refractivity contribution in [2.75, 3.05) is 26.8 Å². The van der Waals surface area contributed by atoms with Gasteiger partial charge in [-0.25, -0.2) is 0 Å². The zero-order valence-corrected chi connectivity index (χ0v) is 11.1. The third-order valence-corrected chi connectivity index (χ3v) is 2.94. The van der Waals surface area contributed by atoms with Gasteiger partial charge in [-0.2, -0.15) is 0 Å². The predicted octanol–water partition coefficient (Wildman–Crippen LogP) is 1.97. The highest BCUT2D eigenvalue weighted by atomic mass is 79.9. The second-order valence-corrected chi connectivity index (χ2v) is 4.40. The highest BCUT2D eigenvalue weighted by molar-refractivity contribution is 9.10. The summed E-state index contributed by atoms with van der Waals surface area (Å²) in [5, 5.41) is 11.9. The first-order valence-electron chi connectivity index (χ1n) is 5.42. The lowest BCUT2D eigenvalue weighted by atomic mass is 10.1. The Hall–Kier alpha value is -0.580. The Morgan fingerprint density at radius 3 is 2.81 bits per heavy atom. The molecule has 0 aromatic heterocycles. The molecule has 0 aliphatic heterocycles. The molecule has 90 valence electrons. The van der Waals surface area contributed by atoms with Gasteiger partial charge in [-0.3, -0.25) is 0 Å². The molecule has 3 nitrogen and oxygen atoms in total. The molecule has 1 rings (SSSR count). The molecule has 0 saturated carbocycles. The van der Waals surface area contributed by atoms with Crippen molar-refractivity contribution in [3.63, 3.8) is 0 Å². The number of hydrogen-bond acceptors (Lipinski definition) is 3. The molecule has 2 N–H and O–H groups in total. The molecule has 0 heterocycles. The average molecular weight is 288 g/mol. The van der Waals surface area contributed by atoms with Crippen molar-refractivity contribution >= 4 is 15.9 Å². The van der Waals surface area contributed by atoms with Gasteiger partial charge in [0.2, 0.25) is 0 Å². The molecule has 0 spiro atoms. The zero-order chi connectivity index (χ0) is 11.8. The van der Waals surface area contributed by atoms with Gasteiger partial charge in [-0.1, -0.05) is 6.07 Å². The van der Waals surface area contributed by atoms with Gasteiger partial charge in [-0.15, -0.1) is 0 Å². The van der Waals surface area contributed by atoms with E-state index in [2.05, 4.69) is 33.4 Å². The van der Waals surface area contributed by atoms with Gasteiger partial charge < -0.3 is 15.2 Å². The van der Waals surface area contributed by atoms with Gasteiger partial charge in [0.1, 0.15) is 5.75 Å². The number of aliphatic hydroxyl groups excluding tert-OH is 1. The van der Waals surface area contributed by atoms with Crippen LogP contribution in [0.2, 0.25) is 0 Å². The van der Waals surface area contributed by atoms with Crippen LogP contribution >= 0.6 is 15.9 Å². The minimum atomic E-state index is 0.251. The van der Waals surface area contributed by atoms with E-state index in [1.165, 1.54) is 5.56 Å². The molecule has 0 radical (unpaired) electrons. The molecule has 4 heteroatoms. The van der Waals surface area contributed by atoms with Gasteiger partial charge in [0.05, 0.1) is 11.6 Å². The van der Waals surface area contributed by atoms with Gasteiger partial charge in [0.25, 0.3) is 0 Å². The minimum Gasteiger partial charge on any atom is -0.496 e. The van der Waals surface area contributed by atoms with Crippen LogP contribution in [0.25, 0.3) is 0 Å². The molecule has 16 heavy (non-hydrogen) atoms. The third kappa shape index (κ3) is 4.51. The van der Waals surface area contributed by atoms with Crippen molar-refractivity contribution in [2.45, 2.75) is 12.8 Å². The Kier molecular flexibility index (Phi) is 6.45. The number of rotatable bonds is 7. The van der Waals surface area contributed by atoms with Crippen LogP contribution in [0.4, 0.5) is 0 Å². The molecule has 0 aliphatic carbocycles. The molecular formula is C12H18BrNO2. The van der Waals surface area contributed by atoms with E-state index in [1.54, 1.807) is 7.11 Å². The Balaban J connectivity index is 2.34. The largest absolute Gasteiger partial charge is 0.496 e. The Bertz CT molecular complexity index is 318. The molecule has 1 aromatic carbocycles. The first-order valence-corrected chi connectivity index (χ1v) is 6.21. The van der Waals surface area contributed by atoms with E-state index in [9.17, 15) is 0 Å². The summed E-state index contributed by atoms with van der Waals surface area (Å²) in [6, 6.07) is 6.11. The lowest BCUT2D eigenvalue weighted by Crippen LogP contribution is -2.19. The van der Waals surface area contributed by atoms with Crippen LogP contribution in [0.3, 0.4) is 0 Å². The fraction of sp³-hybridized carbons (Fsp3) is 0.500. The predicted molar refractivity (Wildman–Crippen MR) is 69.0 cm³/mol. The second-order valence-electron chi connectivity index (χ2n) is 3.55. The van der Waals surface area contributed by atoms with Crippen LogP contribution in [-0.4, -0.2) is 31.9 Å². The number of halogens is 1. The molecule has 0 unspecified atom stereocenters. The van der Waals surface area contributed by atoms with Crippen LogP contribution in [-0.2, 0) is 6.42 Å². The van der Waals surface area contributed by atoms with Crippen molar-refractivity contribution in [2.24, 2.45) is 0 Å². The standard InChI is InChI=1S/C12H18BrNO2/c1-16-12-4-3-10(9-11(12)13)5-7-14-6-2-8-15/h3-4,9,14-15H,2,5-8H2,1H3. The highest BCUT2D eigenvalue weighted by Gasteiger charge is 2.00. The summed E-state index contributed by atoms with van der Waals surface area (Å²) < 4.78 is 6.16. The number of methoxy groups -OCH3 is 1. The summed E-state index contributed by atoms with van der Waals surface area (Å²) in [5.74, 6) is 0.858. The van der Waals surface area contributed by atoms with E-state index in [0.717, 1.165) is 36.2 Å². The molecular weight excluding hydrogens is 270 g/mol. The maximum atomic E-state index is 8.62. The highest BCUT2D eigenvalue weighted by Crippen LogP contribution is 2.25. The van der Waals surface area contributed by atoms with Crippen LogP contribution in [0.5, 0.6) is 5.75 Å². The molecule has 0 aliphatic rings. The van der Waals surface area contributed by atoms with Crippen LogP contribution in [0, 0.1) is 0 Å². The van der Waals surface area contributed by atoms with E-state index < -0.39 is 0 Å². The smallest absolute Gasteiger partial charge is 0.133 e. The van der Waals surface area contributed by atoms with E-state index in [1.807, 2.05) is 6.07 Å². The SMILES string of the molecule is COc1ccc(CCNCCCO)cc1Br. The van der Waals surface area contributed by atoms with Crippen LogP contribution in [0.1, 0.15) is 12.0 Å². The molecule has 1 aromatic rings. The summed E-state index contributed by atoms with van der Waals surface area (Å²) in [5.41, 5.74) is 1.27. The maximum absolute atomic E-state index is 8.62. The monoisotopic (exact) mass is 287 g/mol. The van der Waals surface area contributed by atoms with Crippen molar-refractivity contribution < 1.29 is 9.84 Å². The number of aliphatic hydroxyl groups is 1. The quantitative estimate of drug-likeness (QED) is 0.754. The fourth-order valence-electron chi connectivity index (χ4n) is 1.43. The van der Waals surface area contributed by atoms with Gasteiger partial charge in [-0.05, 0) is 59.6 Å². The number of nitrogens with one attached hydrogen (secondary N) is 1. The Labute approximate surface area is 105 Å². The van der Waals surface area contributed by atoms with Crippen molar-refractivity contribution in [3.05, 3.63) is 28.2 Å². The normalized spacial score (nSPS) is 10.4. The fourth-order valence-corrected chi connectivity index (χ4v) is 2.02. The number of ether oxygens (including phenoxy) is 1. The lowest BCUT2D eigenvalue weighted by Gasteiger charge is -2.07. The van der Waals surface area contributed by atoms with Crippen LogP contribution < -0.4 is 10.1 Å². The van der Waals surface area contributed by atoms with Crippen molar-refractivity contribution in [1.82, 2.24) is 5.32 Å². The molecule has 0 amide bonds. The molecule has 0 bridgehead atoms. The third-order valence-electron chi connectivity index (χ3n) is 2.32. The van der Waals surface area contributed by atoms with E-state index in [4.69, 9.17) is 9.84 Å². The minimum absolute atomic E-state index is 0.251. The summed E-state index contributed by atoms with van der Waals surface area (Å²) in [7, 11) is 1.66. The first-order chi connectivity index (χ1) is 7.77. The van der Waals surface area contributed by atoms with E-state index in [-0.39, 0.29) is 6.61 Å². The number of benzene rings is 1. The lowest BCUT2D eigenvalue weighted by molar-refractivity contribution is 0.286. The molecule has 0 fully saturated rings. The second kappa shape index (κ2) is 7.65. The Morgan fingerprint density at radius 2 is 2.19 bits per heavy atom. The average Bonchev–Trinajstić information content (AvgIpc) is 2.29. The van der Waals surface area contributed by atoms with E-state index >= 15 is 0 Å². The number of hydrogen-bond donors (Lipinski definition) is 2. The maximum Gasteiger partial charge on any atom is 0.133 e. The molecule has 0 atom stereocenters. The molecule has 0 saturated heterocycles. The van der Waals surface area contributed by atoms with E-state index in [0.29, 0.717) is 0 Å². The van der Waals surface area contributed by atoms with Gasteiger partial charge in [0, 0.05) is 6.61 Å². The van der Waals surface area contributed by atoms with Crippen molar-refractivity contribution in [3.8, 4) is 5.75 Å². The topological polar surface area (TPSA) is 41.5 Å². The summed E-state index contributed by atoms with van der Waals surface area (Å²) in [6.07, 6.45) is 1.79. The van der Waals surface area contributed by atoms with Crippen LogP contribution in [0.15, 0.2) is 22.7 Å². The zero-order valence-electron chi connectivity index (χ0n) is 9.50. The summed E-state index contributed by atoms with van der Waals surface area (Å²) >= 11 is 3.46. The summed E-state index contributed by atoms with van der Waals surface area (Å²) in [6.45, 7) is 2.05. The van der Waals surface area contributed by atoms with Gasteiger partial charge in [0.15, 0.2) is 0 Å². The van der Waals surface area contributed by atoms with Crippen molar-refractivity contribution in [1.29, 1.82) is 0 Å². The first kappa shape index (κ1) is 13.5. The Morgan fingerprint density at radius 1 is 1.38 bits per heavy atom.